The predicted molar refractivity (Wildman–Crippen MR) is 154 cm³/mol. The third-order valence-corrected chi connectivity index (χ3v) is 6.56. The van der Waals surface area contributed by atoms with Gasteiger partial charge in [0.15, 0.2) is 0 Å². The number of rotatable bonds is 10. The average molecular weight is 709 g/mol. The van der Waals surface area contributed by atoms with Gasteiger partial charge in [0, 0.05) is 34.7 Å². The maximum Gasteiger partial charge on any atom is 0.490 e. The minimum absolute atomic E-state index is 0.0301. The SMILES string of the molecule is C[C@](O)(CNC1CCN(Cc2ccc(Cl)cc2)CC1)COc1cc(Cl)ccc1CC(=O)O.O=C(O)C(F)(F)F.O=C(O)C(F)(F)F. The van der Waals surface area contributed by atoms with Crippen LogP contribution in [0.2, 0.25) is 10.0 Å². The van der Waals surface area contributed by atoms with Crippen LogP contribution >= 0.6 is 23.2 Å². The lowest BCUT2D eigenvalue weighted by Crippen LogP contribution is -2.49. The van der Waals surface area contributed by atoms with Crippen LogP contribution in [-0.2, 0) is 27.3 Å². The molecule has 1 heterocycles. The molecule has 10 nitrogen and oxygen atoms in total. The van der Waals surface area contributed by atoms with Crippen molar-refractivity contribution < 1.29 is 65.9 Å². The largest absolute Gasteiger partial charge is 0.490 e. The summed E-state index contributed by atoms with van der Waals surface area (Å²) in [5.74, 6) is -6.08. The van der Waals surface area contributed by atoms with Gasteiger partial charge in [-0.15, -0.1) is 0 Å². The quantitative estimate of drug-likeness (QED) is 0.206. The molecule has 0 saturated carbocycles. The number of benzene rings is 2. The predicted octanol–water partition coefficient (Wildman–Crippen LogP) is 5.27. The van der Waals surface area contributed by atoms with Crippen LogP contribution in [0.25, 0.3) is 0 Å². The second-order valence-corrected chi connectivity index (χ2v) is 11.1. The highest BCUT2D eigenvalue weighted by molar-refractivity contribution is 6.31. The molecule has 46 heavy (non-hydrogen) atoms. The summed E-state index contributed by atoms with van der Waals surface area (Å²) >= 11 is 12.0. The Morgan fingerprint density at radius 1 is 0.891 bits per heavy atom. The van der Waals surface area contributed by atoms with Gasteiger partial charge in [0.1, 0.15) is 18.0 Å². The summed E-state index contributed by atoms with van der Waals surface area (Å²) in [7, 11) is 0. The Bertz CT molecular complexity index is 1260. The van der Waals surface area contributed by atoms with Crippen molar-refractivity contribution in [3.8, 4) is 5.75 Å². The molecule has 0 aromatic heterocycles. The summed E-state index contributed by atoms with van der Waals surface area (Å²) < 4.78 is 69.2. The van der Waals surface area contributed by atoms with Gasteiger partial charge in [0.2, 0.25) is 0 Å². The number of carbonyl (C=O) groups is 3. The highest BCUT2D eigenvalue weighted by Gasteiger charge is 2.39. The number of piperidine rings is 1. The molecule has 0 aliphatic carbocycles. The summed E-state index contributed by atoms with van der Waals surface area (Å²) in [5.41, 5.74) is 0.673. The van der Waals surface area contributed by atoms with Gasteiger partial charge in [-0.05, 0) is 62.7 Å². The number of hydrogen-bond donors (Lipinski definition) is 5. The zero-order valence-electron chi connectivity index (χ0n) is 24.2. The van der Waals surface area contributed by atoms with Crippen LogP contribution in [0.3, 0.4) is 0 Å². The highest BCUT2D eigenvalue weighted by Crippen LogP contribution is 2.25. The van der Waals surface area contributed by atoms with Crippen molar-refractivity contribution in [2.75, 3.05) is 26.2 Å². The molecule has 1 aliphatic rings. The highest BCUT2D eigenvalue weighted by atomic mass is 35.5. The Balaban J connectivity index is 0.000000629. The second-order valence-electron chi connectivity index (χ2n) is 10.3. The first-order chi connectivity index (χ1) is 21.1. The molecule has 5 N–H and O–H groups in total. The summed E-state index contributed by atoms with van der Waals surface area (Å²) in [6.07, 6.45) is -8.33. The Kier molecular flexibility index (Phi) is 16.1. The number of carboxylic acid groups (broad SMARTS) is 3. The number of likely N-dealkylation sites (tertiary alicyclic amines) is 1. The van der Waals surface area contributed by atoms with Gasteiger partial charge in [-0.25, -0.2) is 9.59 Å². The van der Waals surface area contributed by atoms with E-state index in [1.165, 1.54) is 5.56 Å². The van der Waals surface area contributed by atoms with Gasteiger partial charge in [-0.3, -0.25) is 9.69 Å². The number of alkyl halides is 6. The molecule has 0 amide bonds. The Hall–Kier alpha value is -3.31. The van der Waals surface area contributed by atoms with Crippen molar-refractivity contribution in [1.82, 2.24) is 10.2 Å². The number of hydrogen-bond acceptors (Lipinski definition) is 7. The van der Waals surface area contributed by atoms with E-state index in [1.807, 2.05) is 12.1 Å². The van der Waals surface area contributed by atoms with Gasteiger partial charge in [0.05, 0.1) is 6.42 Å². The molecule has 0 radical (unpaired) electrons. The molecule has 3 rings (SSSR count). The maximum atomic E-state index is 11.1. The van der Waals surface area contributed by atoms with Crippen LogP contribution in [0.5, 0.6) is 5.75 Å². The second kappa shape index (κ2) is 18.1. The first-order valence-electron chi connectivity index (χ1n) is 13.2. The van der Waals surface area contributed by atoms with Crippen molar-refractivity contribution in [1.29, 1.82) is 0 Å². The van der Waals surface area contributed by atoms with E-state index in [0.717, 1.165) is 37.5 Å². The molecule has 2 aromatic rings. The van der Waals surface area contributed by atoms with Crippen molar-refractivity contribution >= 4 is 41.1 Å². The summed E-state index contributed by atoms with van der Waals surface area (Å²) in [5, 5.41) is 38.7. The lowest BCUT2D eigenvalue weighted by atomic mass is 10.0. The third kappa shape index (κ3) is 16.8. The number of aliphatic hydroxyl groups is 1. The van der Waals surface area contributed by atoms with E-state index in [2.05, 4.69) is 22.3 Å². The van der Waals surface area contributed by atoms with E-state index in [-0.39, 0.29) is 13.0 Å². The van der Waals surface area contributed by atoms with Crippen LogP contribution in [0.4, 0.5) is 26.3 Å². The van der Waals surface area contributed by atoms with Gasteiger partial charge in [-0.2, -0.15) is 26.3 Å². The van der Waals surface area contributed by atoms with E-state index in [9.17, 15) is 36.2 Å². The molecular weight excluding hydrogens is 677 g/mol. The van der Waals surface area contributed by atoms with Crippen LogP contribution < -0.4 is 10.1 Å². The molecule has 258 valence electrons. The van der Waals surface area contributed by atoms with Crippen molar-refractivity contribution in [3.63, 3.8) is 0 Å². The van der Waals surface area contributed by atoms with Crippen LogP contribution in [0, 0.1) is 0 Å². The molecular formula is C28H32Cl2F6N2O8. The van der Waals surface area contributed by atoms with Gasteiger partial charge in [0.25, 0.3) is 0 Å². The molecule has 18 heteroatoms. The monoisotopic (exact) mass is 708 g/mol. The Morgan fingerprint density at radius 3 is 1.83 bits per heavy atom. The van der Waals surface area contributed by atoms with E-state index in [0.29, 0.717) is 28.9 Å². The molecule has 0 spiro atoms. The van der Waals surface area contributed by atoms with Gasteiger partial charge in [-0.1, -0.05) is 41.4 Å². The van der Waals surface area contributed by atoms with Crippen molar-refractivity contribution in [3.05, 3.63) is 63.6 Å². The number of nitrogens with zero attached hydrogens (tertiary/aromatic N) is 1. The average Bonchev–Trinajstić information content (AvgIpc) is 2.93. The molecule has 0 unspecified atom stereocenters. The molecule has 0 bridgehead atoms. The molecule has 1 aliphatic heterocycles. The topological polar surface area (TPSA) is 157 Å². The normalized spacial score (nSPS) is 15.3. The minimum Gasteiger partial charge on any atom is -0.490 e. The summed E-state index contributed by atoms with van der Waals surface area (Å²) in [4.78, 5) is 31.3. The van der Waals surface area contributed by atoms with Crippen LogP contribution in [-0.4, -0.2) is 93.5 Å². The number of nitrogens with one attached hydrogen (secondary N) is 1. The standard InChI is InChI=1S/C24H30Cl2N2O4.2C2HF3O2/c1-24(31,16-32-22-13-20(26)7-4-18(22)12-23(29)30)15-27-21-8-10-28(11-9-21)14-17-2-5-19(25)6-3-17;2*3-2(4,5)1(6)7/h2-7,13,21,27,31H,8-12,14-16H2,1H3,(H,29,30);2*(H,6,7)/t24-;;/m0../s1. The van der Waals surface area contributed by atoms with Gasteiger partial charge < -0.3 is 30.5 Å². The smallest absolute Gasteiger partial charge is 0.490 e. The first-order valence-corrected chi connectivity index (χ1v) is 14.0. The maximum absolute atomic E-state index is 11.1. The fourth-order valence-corrected chi connectivity index (χ4v) is 4.05. The van der Waals surface area contributed by atoms with E-state index < -0.39 is 35.9 Å². The molecule has 2 aromatic carbocycles. The first kappa shape index (κ1) is 40.7. The minimum atomic E-state index is -5.08. The Labute approximate surface area is 269 Å². The zero-order chi connectivity index (χ0) is 35.3. The fraction of sp³-hybridized carbons (Fsp3) is 0.464. The third-order valence-electron chi connectivity index (χ3n) is 6.07. The van der Waals surface area contributed by atoms with Crippen LogP contribution in [0.1, 0.15) is 30.9 Å². The lowest BCUT2D eigenvalue weighted by molar-refractivity contribution is -0.193. The van der Waals surface area contributed by atoms with Crippen molar-refractivity contribution in [2.45, 2.75) is 56.7 Å². The van der Waals surface area contributed by atoms with E-state index in [1.54, 1.807) is 25.1 Å². The van der Waals surface area contributed by atoms with Crippen molar-refractivity contribution in [2.24, 2.45) is 0 Å². The number of carboxylic acids is 3. The van der Waals surface area contributed by atoms with E-state index in [4.69, 9.17) is 52.8 Å². The molecule has 1 saturated heterocycles. The molecule has 1 fully saturated rings. The van der Waals surface area contributed by atoms with Gasteiger partial charge >= 0.3 is 30.3 Å². The zero-order valence-corrected chi connectivity index (χ0v) is 25.7. The number of halogens is 8. The number of ether oxygens (including phenoxy) is 1. The summed E-state index contributed by atoms with van der Waals surface area (Å²) in [6, 6.07) is 13.1. The fourth-order valence-electron chi connectivity index (χ4n) is 3.76. The van der Waals surface area contributed by atoms with Crippen LogP contribution in [0.15, 0.2) is 42.5 Å². The lowest BCUT2D eigenvalue weighted by Gasteiger charge is -2.34. The Morgan fingerprint density at radius 2 is 1.37 bits per heavy atom. The van der Waals surface area contributed by atoms with E-state index >= 15 is 0 Å². The number of aliphatic carboxylic acids is 3. The molecule has 1 atom stereocenters. The summed E-state index contributed by atoms with van der Waals surface area (Å²) in [6.45, 7) is 5.00.